The number of sulfonamides is 1. The predicted molar refractivity (Wildman–Crippen MR) is 85.8 cm³/mol. The molecule has 0 radical (unpaired) electrons. The first-order valence-electron chi connectivity index (χ1n) is 7.65. The minimum Gasteiger partial charge on any atom is -0.310 e. The molecule has 2 rings (SSSR count). The summed E-state index contributed by atoms with van der Waals surface area (Å²) >= 11 is 0. The van der Waals surface area contributed by atoms with Gasteiger partial charge in [-0.2, -0.15) is 0 Å². The van der Waals surface area contributed by atoms with Crippen molar-refractivity contribution in [2.24, 2.45) is 0 Å². The van der Waals surface area contributed by atoms with Crippen LogP contribution in [0.1, 0.15) is 51.7 Å². The highest BCUT2D eigenvalue weighted by Gasteiger charge is 2.41. The second kappa shape index (κ2) is 6.07. The van der Waals surface area contributed by atoms with Crippen LogP contribution in [-0.2, 0) is 23.0 Å². The molecule has 1 saturated carbocycles. The van der Waals surface area contributed by atoms with Gasteiger partial charge in [-0.15, -0.1) is 0 Å². The molecule has 0 unspecified atom stereocenters. The average molecular weight is 310 g/mol. The molecule has 0 aliphatic heterocycles. The number of aryl methyl sites for hydroxylation is 1. The number of nitrogens with one attached hydrogen (secondary N) is 2. The Hall–Kier alpha value is -0.910. The molecule has 0 spiro atoms. The normalized spacial score (nSPS) is 17.2. The quantitative estimate of drug-likeness (QED) is 0.814. The van der Waals surface area contributed by atoms with Crippen LogP contribution in [0.5, 0.6) is 0 Å². The summed E-state index contributed by atoms with van der Waals surface area (Å²) in [5.41, 5.74) is 2.02. The fourth-order valence-corrected chi connectivity index (χ4v) is 3.78. The van der Waals surface area contributed by atoms with E-state index in [-0.39, 0.29) is 5.54 Å². The minimum atomic E-state index is -3.42. The molecule has 1 fully saturated rings. The van der Waals surface area contributed by atoms with Crippen LogP contribution < -0.4 is 10.0 Å². The summed E-state index contributed by atoms with van der Waals surface area (Å²) in [6.45, 7) is 8.91. The zero-order valence-corrected chi connectivity index (χ0v) is 14.2. The highest BCUT2D eigenvalue weighted by Crippen LogP contribution is 2.36. The first kappa shape index (κ1) is 16.5. The molecule has 1 aliphatic rings. The zero-order chi connectivity index (χ0) is 15.7. The lowest BCUT2D eigenvalue weighted by atomic mass is 10.1. The van der Waals surface area contributed by atoms with Crippen molar-refractivity contribution < 1.29 is 8.42 Å². The van der Waals surface area contributed by atoms with Crippen LogP contribution in [-0.4, -0.2) is 20.0 Å². The van der Waals surface area contributed by atoms with Crippen molar-refractivity contribution in [2.45, 2.75) is 70.0 Å². The van der Waals surface area contributed by atoms with Crippen LogP contribution in [0.2, 0.25) is 0 Å². The van der Waals surface area contributed by atoms with Crippen LogP contribution in [0.15, 0.2) is 23.1 Å². The Kier molecular flexibility index (Phi) is 4.76. The molecule has 4 nitrogen and oxygen atoms in total. The molecule has 118 valence electrons. The van der Waals surface area contributed by atoms with E-state index < -0.39 is 10.0 Å². The fraction of sp³-hybridized carbons (Fsp3) is 0.625. The minimum absolute atomic E-state index is 0.237. The smallest absolute Gasteiger partial charge is 0.241 e. The number of rotatable bonds is 7. The van der Waals surface area contributed by atoms with E-state index in [1.165, 1.54) is 5.56 Å². The Labute approximate surface area is 128 Å². The molecule has 0 aromatic heterocycles. The molecule has 5 heteroatoms. The Morgan fingerprint density at radius 2 is 1.90 bits per heavy atom. The number of hydrogen-bond acceptors (Lipinski definition) is 3. The van der Waals surface area contributed by atoms with Crippen molar-refractivity contribution in [1.29, 1.82) is 0 Å². The Balaban J connectivity index is 2.25. The van der Waals surface area contributed by atoms with Crippen molar-refractivity contribution in [3.05, 3.63) is 29.3 Å². The summed E-state index contributed by atoms with van der Waals surface area (Å²) in [4.78, 5) is 0.369. The first-order chi connectivity index (χ1) is 9.76. The van der Waals surface area contributed by atoms with E-state index in [0.29, 0.717) is 17.5 Å². The summed E-state index contributed by atoms with van der Waals surface area (Å²) in [7, 11) is -3.42. The third kappa shape index (κ3) is 4.28. The van der Waals surface area contributed by atoms with Crippen molar-refractivity contribution in [3.63, 3.8) is 0 Å². The van der Waals surface area contributed by atoms with Gasteiger partial charge in [-0.05, 0) is 49.4 Å². The number of hydrogen-bond donors (Lipinski definition) is 2. The molecule has 1 aromatic rings. The van der Waals surface area contributed by atoms with Gasteiger partial charge < -0.3 is 5.32 Å². The molecule has 0 heterocycles. The van der Waals surface area contributed by atoms with E-state index in [9.17, 15) is 8.42 Å². The van der Waals surface area contributed by atoms with Gasteiger partial charge in [0.15, 0.2) is 0 Å². The Morgan fingerprint density at radius 3 is 2.43 bits per heavy atom. The van der Waals surface area contributed by atoms with Crippen molar-refractivity contribution in [2.75, 3.05) is 0 Å². The second-order valence-corrected chi connectivity index (χ2v) is 8.17. The molecule has 21 heavy (non-hydrogen) atoms. The largest absolute Gasteiger partial charge is 0.310 e. The van der Waals surface area contributed by atoms with Crippen molar-refractivity contribution in [1.82, 2.24) is 10.0 Å². The first-order valence-corrected chi connectivity index (χ1v) is 9.13. The van der Waals surface area contributed by atoms with Crippen LogP contribution in [0.25, 0.3) is 0 Å². The molecule has 2 N–H and O–H groups in total. The monoisotopic (exact) mass is 310 g/mol. The molecule has 0 bridgehead atoms. The zero-order valence-electron chi connectivity index (χ0n) is 13.4. The predicted octanol–water partition coefficient (Wildman–Crippen LogP) is 2.58. The standard InChI is InChI=1S/C16H26N2O2S/c1-5-13-6-7-15(10-14(13)11-17-12(2)3)21(19,20)18-16(4)8-9-16/h6-7,10,12,17-18H,5,8-9,11H2,1-4H3. The molecule has 0 saturated heterocycles. The molecule has 1 aromatic carbocycles. The van der Waals surface area contributed by atoms with Crippen LogP contribution >= 0.6 is 0 Å². The molecule has 0 amide bonds. The van der Waals surface area contributed by atoms with Gasteiger partial charge in [-0.1, -0.05) is 26.8 Å². The van der Waals surface area contributed by atoms with Gasteiger partial charge in [0.1, 0.15) is 0 Å². The van der Waals surface area contributed by atoms with Gasteiger partial charge in [0.2, 0.25) is 10.0 Å². The van der Waals surface area contributed by atoms with E-state index >= 15 is 0 Å². The van der Waals surface area contributed by atoms with Gasteiger partial charge in [0.05, 0.1) is 4.90 Å². The molecule has 1 aliphatic carbocycles. The Morgan fingerprint density at radius 1 is 1.24 bits per heavy atom. The van der Waals surface area contributed by atoms with Gasteiger partial charge in [-0.25, -0.2) is 13.1 Å². The van der Waals surface area contributed by atoms with Crippen LogP contribution in [0, 0.1) is 0 Å². The van der Waals surface area contributed by atoms with Crippen LogP contribution in [0.4, 0.5) is 0 Å². The topological polar surface area (TPSA) is 58.2 Å². The maximum absolute atomic E-state index is 12.4. The van der Waals surface area contributed by atoms with Crippen molar-refractivity contribution in [3.8, 4) is 0 Å². The highest BCUT2D eigenvalue weighted by atomic mass is 32.2. The van der Waals surface area contributed by atoms with E-state index in [2.05, 4.69) is 30.8 Å². The fourth-order valence-electron chi connectivity index (χ4n) is 2.27. The molecular formula is C16H26N2O2S. The second-order valence-electron chi connectivity index (χ2n) is 6.49. The molecular weight excluding hydrogens is 284 g/mol. The Bertz CT molecular complexity index is 605. The summed E-state index contributed by atoms with van der Waals surface area (Å²) in [5.74, 6) is 0. The third-order valence-electron chi connectivity index (χ3n) is 3.95. The van der Waals surface area contributed by atoms with Gasteiger partial charge in [0, 0.05) is 18.1 Å². The van der Waals surface area contributed by atoms with Gasteiger partial charge in [-0.3, -0.25) is 0 Å². The summed E-state index contributed by atoms with van der Waals surface area (Å²) in [6.07, 6.45) is 2.74. The lowest BCUT2D eigenvalue weighted by molar-refractivity contribution is 0.557. The lowest BCUT2D eigenvalue weighted by Gasteiger charge is -2.16. The van der Waals surface area contributed by atoms with Gasteiger partial charge >= 0.3 is 0 Å². The van der Waals surface area contributed by atoms with Crippen molar-refractivity contribution >= 4 is 10.0 Å². The maximum Gasteiger partial charge on any atom is 0.241 e. The van der Waals surface area contributed by atoms with E-state index in [4.69, 9.17) is 0 Å². The average Bonchev–Trinajstić information content (AvgIpc) is 3.12. The summed E-state index contributed by atoms with van der Waals surface area (Å²) < 4.78 is 27.7. The van der Waals surface area contributed by atoms with E-state index in [1.54, 1.807) is 6.07 Å². The van der Waals surface area contributed by atoms with E-state index in [0.717, 1.165) is 24.8 Å². The number of benzene rings is 1. The third-order valence-corrected chi connectivity index (χ3v) is 5.59. The summed E-state index contributed by atoms with van der Waals surface area (Å²) in [6, 6.07) is 5.83. The van der Waals surface area contributed by atoms with E-state index in [1.807, 2.05) is 19.1 Å². The highest BCUT2D eigenvalue weighted by molar-refractivity contribution is 7.89. The maximum atomic E-state index is 12.4. The lowest BCUT2D eigenvalue weighted by Crippen LogP contribution is -2.34. The molecule has 0 atom stereocenters. The SMILES string of the molecule is CCc1ccc(S(=O)(=O)NC2(C)CC2)cc1CNC(C)C. The summed E-state index contributed by atoms with van der Waals surface area (Å²) in [5, 5.41) is 3.36. The van der Waals surface area contributed by atoms with Crippen LogP contribution in [0.3, 0.4) is 0 Å². The van der Waals surface area contributed by atoms with Gasteiger partial charge in [0.25, 0.3) is 0 Å².